The van der Waals surface area contributed by atoms with Crippen molar-refractivity contribution in [1.82, 2.24) is 0 Å². The summed E-state index contributed by atoms with van der Waals surface area (Å²) >= 11 is 0. The summed E-state index contributed by atoms with van der Waals surface area (Å²) in [5, 5.41) is 0. The van der Waals surface area contributed by atoms with Crippen LogP contribution in [0.4, 0.5) is 57.1 Å². The predicted octanol–water partition coefficient (Wildman–Crippen LogP) is 5.81. The minimum atomic E-state index is -7.33. The normalized spacial score (nSPS) is 17.2. The topological polar surface area (TPSA) is 46.2 Å². The van der Waals surface area contributed by atoms with Crippen LogP contribution in [0.25, 0.3) is 0 Å². The molecule has 0 aromatic carbocycles. The van der Waals surface area contributed by atoms with Crippen molar-refractivity contribution in [3.05, 3.63) is 38.1 Å². The van der Waals surface area contributed by atoms with E-state index < -0.39 is 61.6 Å². The highest BCUT2D eigenvalue weighted by Crippen LogP contribution is 2.53. The Balaban J connectivity index is 6.07. The Hall–Kier alpha value is -2.21. The number of alkyl halides is 12. The maximum Gasteiger partial charge on any atom is 0.458 e. The zero-order chi connectivity index (χ0) is 26.5. The fourth-order valence-corrected chi connectivity index (χ4v) is 1.56. The summed E-state index contributed by atoms with van der Waals surface area (Å²) in [5.74, 6) is -16.5. The van der Waals surface area contributed by atoms with Gasteiger partial charge in [-0.3, -0.25) is 9.47 Å². The van der Waals surface area contributed by atoms with Crippen molar-refractivity contribution in [2.45, 2.75) is 42.6 Å². The van der Waals surface area contributed by atoms with Gasteiger partial charge in [0.05, 0.1) is 12.5 Å². The third-order valence-corrected chi connectivity index (χ3v) is 3.07. The molecule has 0 aliphatic carbocycles. The molecule has 33 heavy (non-hydrogen) atoms. The van der Waals surface area contributed by atoms with Gasteiger partial charge in [0.2, 0.25) is 0 Å². The third kappa shape index (κ3) is 7.39. The second kappa shape index (κ2) is 10.4. The van der Waals surface area contributed by atoms with Crippen molar-refractivity contribution in [2.75, 3.05) is 13.2 Å². The van der Waals surface area contributed by atoms with E-state index in [4.69, 9.17) is 0 Å². The Labute approximate surface area is 175 Å². The third-order valence-electron chi connectivity index (χ3n) is 3.07. The van der Waals surface area contributed by atoms with Crippen molar-refractivity contribution >= 4 is 0 Å². The van der Waals surface area contributed by atoms with Crippen LogP contribution in [0.5, 0.6) is 0 Å². The first kappa shape index (κ1) is 30.8. The van der Waals surface area contributed by atoms with Crippen molar-refractivity contribution < 1.29 is 80.8 Å². The molecule has 0 bridgehead atoms. The van der Waals surface area contributed by atoms with Crippen molar-refractivity contribution in [3.8, 4) is 0 Å². The lowest BCUT2D eigenvalue weighted by molar-refractivity contribution is -0.529. The molecule has 0 amide bonds. The minimum absolute atomic E-state index is 0.617. The van der Waals surface area contributed by atoms with Gasteiger partial charge < -0.3 is 14.2 Å². The van der Waals surface area contributed by atoms with Gasteiger partial charge in [0.1, 0.15) is 13.2 Å². The van der Waals surface area contributed by atoms with Gasteiger partial charge >= 0.3 is 36.3 Å². The lowest BCUT2D eigenvalue weighted by atomic mass is 10.2. The first-order valence-electron chi connectivity index (χ1n) is 7.73. The Kier molecular flexibility index (Phi) is 9.68. The molecule has 0 spiro atoms. The maximum absolute atomic E-state index is 14.2. The lowest BCUT2D eigenvalue weighted by Gasteiger charge is -2.39. The van der Waals surface area contributed by atoms with Gasteiger partial charge in [-0.1, -0.05) is 19.7 Å². The highest BCUT2D eigenvalue weighted by atomic mass is 19.4. The minimum Gasteiger partial charge on any atom is -0.461 e. The van der Waals surface area contributed by atoms with Gasteiger partial charge in [-0.15, -0.1) is 0 Å². The molecule has 0 saturated heterocycles. The SMILES string of the molecule is C=COC(COCC(F)(OC(F)(F)C(F)(OC(F)(F)C(=C)F)C(F)(F)F)C(F)(F)F)OC=C. The van der Waals surface area contributed by atoms with E-state index in [-0.39, 0.29) is 0 Å². The van der Waals surface area contributed by atoms with Gasteiger partial charge in [-0.2, -0.15) is 52.7 Å². The summed E-state index contributed by atoms with van der Waals surface area (Å²) in [5.41, 5.74) is 0. The van der Waals surface area contributed by atoms with Gasteiger partial charge in [-0.05, 0) is 0 Å². The molecule has 0 heterocycles. The maximum atomic E-state index is 14.2. The Morgan fingerprint density at radius 2 is 1.21 bits per heavy atom. The largest absolute Gasteiger partial charge is 0.461 e. The second-order valence-corrected chi connectivity index (χ2v) is 5.51. The molecule has 0 radical (unpaired) electrons. The van der Waals surface area contributed by atoms with Crippen LogP contribution in [0, 0.1) is 0 Å². The predicted molar refractivity (Wildman–Crippen MR) is 79.3 cm³/mol. The van der Waals surface area contributed by atoms with E-state index >= 15 is 0 Å². The van der Waals surface area contributed by atoms with Crippen LogP contribution in [0.2, 0.25) is 0 Å². The van der Waals surface area contributed by atoms with Crippen molar-refractivity contribution in [2.24, 2.45) is 0 Å². The van der Waals surface area contributed by atoms with Crippen LogP contribution in [-0.2, 0) is 23.7 Å². The first-order valence-corrected chi connectivity index (χ1v) is 7.73. The van der Waals surface area contributed by atoms with Crippen LogP contribution in [0.15, 0.2) is 38.1 Å². The first-order chi connectivity index (χ1) is 14.6. The molecule has 0 aromatic rings. The summed E-state index contributed by atoms with van der Waals surface area (Å²) in [6, 6.07) is 0. The molecular formula is C15H13F13O5. The fourth-order valence-electron chi connectivity index (χ4n) is 1.56. The molecule has 0 N–H and O–H groups in total. The number of halogens is 13. The van der Waals surface area contributed by atoms with E-state index in [1.54, 1.807) is 6.58 Å². The molecular weight excluding hydrogens is 507 g/mol. The smallest absolute Gasteiger partial charge is 0.458 e. The number of rotatable bonds is 14. The van der Waals surface area contributed by atoms with E-state index in [1.165, 1.54) is 0 Å². The van der Waals surface area contributed by atoms with Crippen molar-refractivity contribution in [3.63, 3.8) is 0 Å². The molecule has 0 aliphatic rings. The number of hydrogen-bond acceptors (Lipinski definition) is 5. The molecule has 0 fully saturated rings. The average molecular weight is 520 g/mol. The van der Waals surface area contributed by atoms with Crippen LogP contribution in [0.3, 0.4) is 0 Å². The number of ether oxygens (including phenoxy) is 5. The van der Waals surface area contributed by atoms with Crippen LogP contribution < -0.4 is 0 Å². The number of hydrogen-bond donors (Lipinski definition) is 0. The monoisotopic (exact) mass is 520 g/mol. The summed E-state index contributed by atoms with van der Waals surface area (Å²) in [4.78, 5) is 0. The Morgan fingerprint density at radius 1 is 0.758 bits per heavy atom. The van der Waals surface area contributed by atoms with E-state index in [0.717, 1.165) is 0 Å². The van der Waals surface area contributed by atoms with Gasteiger partial charge in [-0.25, -0.2) is 4.39 Å². The van der Waals surface area contributed by atoms with Crippen LogP contribution in [0.1, 0.15) is 0 Å². The van der Waals surface area contributed by atoms with Gasteiger partial charge in [0.15, 0.2) is 5.83 Å². The molecule has 18 heteroatoms. The van der Waals surface area contributed by atoms with E-state index in [9.17, 15) is 57.1 Å². The van der Waals surface area contributed by atoms with Gasteiger partial charge in [0.25, 0.3) is 6.29 Å². The molecule has 2 atom stereocenters. The highest BCUT2D eigenvalue weighted by Gasteiger charge is 2.80. The zero-order valence-corrected chi connectivity index (χ0v) is 15.7. The van der Waals surface area contributed by atoms with E-state index in [0.29, 0.717) is 12.5 Å². The molecule has 194 valence electrons. The highest BCUT2D eigenvalue weighted by molar-refractivity contribution is 4.97. The average Bonchev–Trinajstić information content (AvgIpc) is 2.59. The van der Waals surface area contributed by atoms with E-state index in [1.807, 2.05) is 0 Å². The lowest BCUT2D eigenvalue weighted by Crippen LogP contribution is -2.65. The van der Waals surface area contributed by atoms with Crippen molar-refractivity contribution in [1.29, 1.82) is 0 Å². The van der Waals surface area contributed by atoms with E-state index in [2.05, 4.69) is 36.8 Å². The van der Waals surface area contributed by atoms with Crippen LogP contribution in [-0.4, -0.2) is 55.8 Å². The quantitative estimate of drug-likeness (QED) is 0.165. The van der Waals surface area contributed by atoms with Gasteiger partial charge in [0, 0.05) is 0 Å². The molecule has 0 aromatic heterocycles. The standard InChI is InChI=1S/C15H13F13O5/c1-4-30-9(31-5-2)6-29-7-10(17,13(21,22)23)32-15(27,28)12(20,14(24,25)26)33-11(18,19)8(3)16/h4-5,9H,1-3,6-7H2. The molecule has 5 nitrogen and oxygen atoms in total. The molecule has 0 saturated carbocycles. The summed E-state index contributed by atoms with van der Waals surface area (Å²) in [6.45, 7) is 3.70. The molecule has 0 aliphatic heterocycles. The Morgan fingerprint density at radius 3 is 1.55 bits per heavy atom. The summed E-state index contributed by atoms with van der Waals surface area (Å²) in [7, 11) is 0. The summed E-state index contributed by atoms with van der Waals surface area (Å²) < 4.78 is 189. The zero-order valence-electron chi connectivity index (χ0n) is 15.7. The van der Waals surface area contributed by atoms with Crippen LogP contribution >= 0.6 is 0 Å². The Bertz CT molecular complexity index is 683. The fraction of sp³-hybridized carbons (Fsp3) is 0.600. The summed E-state index contributed by atoms with van der Waals surface area (Å²) in [6.07, 6.45) is -27.9. The molecule has 2 unspecified atom stereocenters. The second-order valence-electron chi connectivity index (χ2n) is 5.51. The molecule has 0 rings (SSSR count).